The smallest absolute Gasteiger partial charge is 0.194 e. The molecule has 0 saturated carbocycles. The van der Waals surface area contributed by atoms with Crippen LogP contribution in [-0.4, -0.2) is 0 Å². The lowest BCUT2D eigenvalue weighted by Gasteiger charge is -2.12. The topological polar surface area (TPSA) is 26.0 Å². The van der Waals surface area contributed by atoms with Crippen molar-refractivity contribution in [2.45, 2.75) is 38.1 Å². The first-order chi connectivity index (χ1) is 10.1. The Labute approximate surface area is 125 Å². The van der Waals surface area contributed by atoms with Crippen LogP contribution in [0.3, 0.4) is 0 Å². The van der Waals surface area contributed by atoms with Gasteiger partial charge in [0.2, 0.25) is 0 Å². The minimum absolute atomic E-state index is 0.00492. The summed E-state index contributed by atoms with van der Waals surface area (Å²) in [6, 6.07) is 3.39. The summed E-state index contributed by atoms with van der Waals surface area (Å²) in [5.74, 6) is -3.84. The van der Waals surface area contributed by atoms with E-state index >= 15 is 0 Å². The molecule has 21 heavy (non-hydrogen) atoms. The van der Waals surface area contributed by atoms with Crippen LogP contribution in [0.4, 0.5) is 13.2 Å². The second-order valence-corrected chi connectivity index (χ2v) is 6.57. The second-order valence-electron chi connectivity index (χ2n) is 5.40. The molecule has 5 heteroatoms. The van der Waals surface area contributed by atoms with Gasteiger partial charge in [0.25, 0.3) is 0 Å². The van der Waals surface area contributed by atoms with Crippen LogP contribution in [0.5, 0.6) is 0 Å². The summed E-state index contributed by atoms with van der Waals surface area (Å²) < 4.78 is 40.2. The number of hydrogen-bond donors (Lipinski definition) is 1. The van der Waals surface area contributed by atoms with Crippen molar-refractivity contribution in [3.05, 3.63) is 56.5 Å². The van der Waals surface area contributed by atoms with Gasteiger partial charge in [-0.05, 0) is 43.4 Å². The van der Waals surface area contributed by atoms with Gasteiger partial charge in [-0.15, -0.1) is 11.3 Å². The molecule has 1 nitrogen and oxygen atoms in total. The number of aryl methyl sites for hydroxylation is 2. The average Bonchev–Trinajstić information content (AvgIpc) is 2.75. The Bertz CT molecular complexity index is 642. The Balaban J connectivity index is 1.95. The Hall–Kier alpha value is -1.33. The van der Waals surface area contributed by atoms with Crippen molar-refractivity contribution >= 4 is 11.3 Å². The van der Waals surface area contributed by atoms with Crippen LogP contribution in [-0.2, 0) is 12.8 Å². The van der Waals surface area contributed by atoms with Gasteiger partial charge in [-0.25, -0.2) is 13.2 Å². The summed E-state index contributed by atoms with van der Waals surface area (Å²) in [6.45, 7) is 0. The van der Waals surface area contributed by atoms with Crippen LogP contribution >= 0.6 is 11.3 Å². The number of nitrogens with two attached hydrogens (primary N) is 1. The highest BCUT2D eigenvalue weighted by molar-refractivity contribution is 7.12. The number of halogens is 3. The van der Waals surface area contributed by atoms with Crippen molar-refractivity contribution < 1.29 is 13.2 Å². The minimum atomic E-state index is -1.46. The van der Waals surface area contributed by atoms with Gasteiger partial charge < -0.3 is 5.73 Å². The van der Waals surface area contributed by atoms with Crippen LogP contribution < -0.4 is 5.73 Å². The van der Waals surface area contributed by atoms with Crippen LogP contribution in [0.1, 0.15) is 46.2 Å². The van der Waals surface area contributed by atoms with Gasteiger partial charge in [-0.2, -0.15) is 0 Å². The first kappa shape index (κ1) is 14.6. The van der Waals surface area contributed by atoms with E-state index in [1.165, 1.54) is 22.9 Å². The quantitative estimate of drug-likeness (QED) is 0.642. The van der Waals surface area contributed by atoms with E-state index in [0.29, 0.717) is 0 Å². The molecule has 0 saturated heterocycles. The third kappa shape index (κ3) is 2.72. The molecule has 0 spiro atoms. The van der Waals surface area contributed by atoms with Gasteiger partial charge in [0.1, 0.15) is 0 Å². The van der Waals surface area contributed by atoms with Gasteiger partial charge in [0.05, 0.1) is 6.04 Å². The predicted octanol–water partition coefficient (Wildman–Crippen LogP) is 4.48. The zero-order valence-corrected chi connectivity index (χ0v) is 12.3. The van der Waals surface area contributed by atoms with E-state index in [1.807, 2.05) is 6.07 Å². The van der Waals surface area contributed by atoms with Gasteiger partial charge in [0, 0.05) is 15.3 Å². The number of benzene rings is 1. The van der Waals surface area contributed by atoms with Gasteiger partial charge in [0.15, 0.2) is 17.5 Å². The fraction of sp³-hybridized carbons (Fsp3) is 0.375. The molecule has 1 aliphatic rings. The van der Waals surface area contributed by atoms with E-state index < -0.39 is 23.5 Å². The maximum atomic E-state index is 13.9. The lowest BCUT2D eigenvalue weighted by atomic mass is 10.0. The fourth-order valence-corrected chi connectivity index (χ4v) is 4.06. The lowest BCUT2D eigenvalue weighted by Crippen LogP contribution is -2.13. The highest BCUT2D eigenvalue weighted by Gasteiger charge is 2.22. The molecular weight excluding hydrogens is 295 g/mol. The Kier molecular flexibility index (Phi) is 4.04. The Morgan fingerprint density at radius 2 is 1.76 bits per heavy atom. The van der Waals surface area contributed by atoms with Crippen LogP contribution in [0.15, 0.2) is 18.2 Å². The van der Waals surface area contributed by atoms with Crippen molar-refractivity contribution in [2.75, 3.05) is 0 Å². The van der Waals surface area contributed by atoms with Crippen molar-refractivity contribution in [2.24, 2.45) is 5.73 Å². The van der Waals surface area contributed by atoms with E-state index in [4.69, 9.17) is 5.73 Å². The molecule has 0 fully saturated rings. The molecule has 0 aliphatic heterocycles. The molecule has 1 atom stereocenters. The predicted molar refractivity (Wildman–Crippen MR) is 77.9 cm³/mol. The van der Waals surface area contributed by atoms with E-state index in [-0.39, 0.29) is 5.56 Å². The maximum Gasteiger partial charge on any atom is 0.194 e. The minimum Gasteiger partial charge on any atom is -0.320 e. The van der Waals surface area contributed by atoms with Crippen molar-refractivity contribution in [3.63, 3.8) is 0 Å². The third-order valence-electron chi connectivity index (χ3n) is 3.97. The maximum absolute atomic E-state index is 13.9. The highest BCUT2D eigenvalue weighted by atomic mass is 32.1. The van der Waals surface area contributed by atoms with Gasteiger partial charge in [-0.1, -0.05) is 12.5 Å². The summed E-state index contributed by atoms with van der Waals surface area (Å²) >= 11 is 1.56. The first-order valence-corrected chi connectivity index (χ1v) is 7.90. The molecule has 1 aromatic heterocycles. The average molecular weight is 311 g/mol. The van der Waals surface area contributed by atoms with E-state index in [1.54, 1.807) is 11.3 Å². The van der Waals surface area contributed by atoms with Crippen LogP contribution in [0, 0.1) is 17.5 Å². The van der Waals surface area contributed by atoms with E-state index in [0.717, 1.165) is 36.6 Å². The van der Waals surface area contributed by atoms with Crippen LogP contribution in [0.2, 0.25) is 0 Å². The third-order valence-corrected chi connectivity index (χ3v) is 5.29. The molecule has 3 rings (SSSR count). The molecule has 2 N–H and O–H groups in total. The zero-order chi connectivity index (χ0) is 15.0. The van der Waals surface area contributed by atoms with Crippen molar-refractivity contribution in [1.29, 1.82) is 0 Å². The fourth-order valence-electron chi connectivity index (χ4n) is 2.78. The lowest BCUT2D eigenvalue weighted by molar-refractivity contribution is 0.439. The van der Waals surface area contributed by atoms with E-state index in [9.17, 15) is 13.2 Å². The largest absolute Gasteiger partial charge is 0.320 e. The molecular formula is C16H16F3NS. The number of fused-ring (bicyclic) bond motifs is 1. The summed E-state index contributed by atoms with van der Waals surface area (Å²) in [7, 11) is 0. The number of hydrogen-bond acceptors (Lipinski definition) is 2. The Morgan fingerprint density at radius 3 is 2.57 bits per heavy atom. The normalized spacial score (nSPS) is 16.4. The second kappa shape index (κ2) is 5.81. The molecule has 0 radical (unpaired) electrons. The summed E-state index contributed by atoms with van der Waals surface area (Å²) in [5.41, 5.74) is 7.34. The van der Waals surface area contributed by atoms with Gasteiger partial charge >= 0.3 is 0 Å². The molecule has 1 unspecified atom stereocenters. The SMILES string of the molecule is NC(c1cc2c(s1)CCCCC2)c1ccc(F)c(F)c1F. The first-order valence-electron chi connectivity index (χ1n) is 7.08. The van der Waals surface area contributed by atoms with Crippen LogP contribution in [0.25, 0.3) is 0 Å². The standard InChI is InChI=1S/C16H16F3NS/c17-11-7-6-10(14(18)15(11)19)16(20)13-8-9-4-2-1-3-5-12(9)21-13/h6-8,16H,1-5,20H2. The summed E-state index contributed by atoms with van der Waals surface area (Å²) in [6.07, 6.45) is 5.56. The molecule has 1 heterocycles. The van der Waals surface area contributed by atoms with E-state index in [2.05, 4.69) is 0 Å². The number of thiophene rings is 1. The highest BCUT2D eigenvalue weighted by Crippen LogP contribution is 2.35. The van der Waals surface area contributed by atoms with Crippen molar-refractivity contribution in [3.8, 4) is 0 Å². The molecule has 0 amide bonds. The summed E-state index contributed by atoms with van der Waals surface area (Å²) in [5, 5.41) is 0. The molecule has 112 valence electrons. The molecule has 1 aliphatic carbocycles. The summed E-state index contributed by atoms with van der Waals surface area (Å²) in [4.78, 5) is 2.10. The number of rotatable bonds is 2. The van der Waals surface area contributed by atoms with Gasteiger partial charge in [-0.3, -0.25) is 0 Å². The Morgan fingerprint density at radius 1 is 1.00 bits per heavy atom. The molecule has 0 bridgehead atoms. The zero-order valence-electron chi connectivity index (χ0n) is 11.5. The molecule has 2 aromatic rings. The monoisotopic (exact) mass is 311 g/mol. The van der Waals surface area contributed by atoms with Crippen molar-refractivity contribution in [1.82, 2.24) is 0 Å². The molecule has 1 aromatic carbocycles.